The van der Waals surface area contributed by atoms with Crippen molar-refractivity contribution < 1.29 is 0 Å². The molecule has 0 aromatic heterocycles. The number of rotatable bonds is 2. The molecule has 0 fully saturated rings. The van der Waals surface area contributed by atoms with E-state index in [4.69, 9.17) is 0 Å². The van der Waals surface area contributed by atoms with Gasteiger partial charge >= 0.3 is 0 Å². The lowest BCUT2D eigenvalue weighted by Gasteiger charge is -2.13. The third-order valence-electron chi connectivity index (χ3n) is 3.64. The second-order valence-corrected chi connectivity index (χ2v) is 5.24. The van der Waals surface area contributed by atoms with E-state index >= 15 is 0 Å². The van der Waals surface area contributed by atoms with Gasteiger partial charge in [0.15, 0.2) is 0 Å². The molecular formula is C20H18. The van der Waals surface area contributed by atoms with Crippen molar-refractivity contribution in [1.82, 2.24) is 0 Å². The molecule has 0 aliphatic heterocycles. The molecule has 0 saturated carbocycles. The van der Waals surface area contributed by atoms with E-state index in [2.05, 4.69) is 86.7 Å². The van der Waals surface area contributed by atoms with Gasteiger partial charge in [0.2, 0.25) is 0 Å². The topological polar surface area (TPSA) is 0 Å². The average molecular weight is 258 g/mol. The minimum atomic E-state index is 1.27. The van der Waals surface area contributed by atoms with E-state index in [0.717, 1.165) is 0 Å². The van der Waals surface area contributed by atoms with Gasteiger partial charge in [0.05, 0.1) is 0 Å². The van der Waals surface area contributed by atoms with Crippen molar-refractivity contribution in [3.63, 3.8) is 0 Å². The van der Waals surface area contributed by atoms with Crippen molar-refractivity contribution >= 4 is 5.57 Å². The lowest BCUT2D eigenvalue weighted by atomic mass is 9.91. The van der Waals surface area contributed by atoms with Crippen molar-refractivity contribution in [3.8, 4) is 0 Å². The van der Waals surface area contributed by atoms with Crippen LogP contribution in [-0.4, -0.2) is 0 Å². The summed E-state index contributed by atoms with van der Waals surface area (Å²) >= 11 is 0. The summed E-state index contributed by atoms with van der Waals surface area (Å²) < 4.78 is 0. The molecule has 1 aliphatic carbocycles. The molecule has 0 heteroatoms. The van der Waals surface area contributed by atoms with E-state index in [-0.39, 0.29) is 0 Å². The average Bonchev–Trinajstić information content (AvgIpc) is 2.80. The highest BCUT2D eigenvalue weighted by Crippen LogP contribution is 2.34. The maximum absolute atomic E-state index is 2.28. The Morgan fingerprint density at radius 3 is 1.55 bits per heavy atom. The quantitative estimate of drug-likeness (QED) is 0.677. The van der Waals surface area contributed by atoms with Crippen molar-refractivity contribution in [3.05, 3.63) is 101 Å². The largest absolute Gasteiger partial charge is 0.0622 e. The van der Waals surface area contributed by atoms with Crippen LogP contribution < -0.4 is 0 Å². The molecule has 1 aliphatic rings. The van der Waals surface area contributed by atoms with E-state index in [1.807, 2.05) is 0 Å². The molecular weight excluding hydrogens is 240 g/mol. The zero-order valence-electron chi connectivity index (χ0n) is 11.9. The number of hydrogen-bond acceptors (Lipinski definition) is 0. The molecule has 0 radical (unpaired) electrons. The van der Waals surface area contributed by atoms with Crippen LogP contribution in [0.15, 0.2) is 89.5 Å². The lowest BCUT2D eigenvalue weighted by molar-refractivity contribution is 1.44. The van der Waals surface area contributed by atoms with Gasteiger partial charge in [-0.15, -0.1) is 0 Å². The summed E-state index contributed by atoms with van der Waals surface area (Å²) in [5.41, 5.74) is 7.85. The molecule has 98 valence electrons. The van der Waals surface area contributed by atoms with Gasteiger partial charge in [-0.05, 0) is 41.7 Å². The zero-order chi connectivity index (χ0) is 13.9. The second kappa shape index (κ2) is 5.34. The van der Waals surface area contributed by atoms with Crippen LogP contribution in [0.4, 0.5) is 0 Å². The van der Waals surface area contributed by atoms with Gasteiger partial charge in [-0.3, -0.25) is 0 Å². The maximum Gasteiger partial charge on any atom is -0.00361 e. The fourth-order valence-corrected chi connectivity index (χ4v) is 2.76. The molecule has 0 N–H and O–H groups in total. The van der Waals surface area contributed by atoms with Gasteiger partial charge < -0.3 is 0 Å². The van der Waals surface area contributed by atoms with E-state index in [1.54, 1.807) is 0 Å². The fourth-order valence-electron chi connectivity index (χ4n) is 2.76. The highest BCUT2D eigenvalue weighted by molar-refractivity contribution is 5.87. The molecule has 0 amide bonds. The molecule has 0 nitrogen and oxygen atoms in total. The molecule has 3 rings (SSSR count). The van der Waals surface area contributed by atoms with Crippen LogP contribution in [0, 0.1) is 0 Å². The Balaban J connectivity index is 2.26. The summed E-state index contributed by atoms with van der Waals surface area (Å²) in [5.74, 6) is 0. The Kier molecular flexibility index (Phi) is 3.39. The third-order valence-corrected chi connectivity index (χ3v) is 3.64. The summed E-state index contributed by atoms with van der Waals surface area (Å²) in [6.45, 7) is 4.35. The van der Waals surface area contributed by atoms with Crippen molar-refractivity contribution in [1.29, 1.82) is 0 Å². The van der Waals surface area contributed by atoms with Gasteiger partial charge in [-0.2, -0.15) is 0 Å². The van der Waals surface area contributed by atoms with Crippen LogP contribution >= 0.6 is 0 Å². The molecule has 20 heavy (non-hydrogen) atoms. The summed E-state index contributed by atoms with van der Waals surface area (Å²) in [5, 5.41) is 0. The van der Waals surface area contributed by atoms with Gasteiger partial charge in [-0.1, -0.05) is 78.4 Å². The first-order valence-corrected chi connectivity index (χ1v) is 6.98. The summed E-state index contributed by atoms with van der Waals surface area (Å²) in [6.07, 6.45) is 4.53. The monoisotopic (exact) mass is 258 g/mol. The highest BCUT2D eigenvalue weighted by Gasteiger charge is 2.14. The van der Waals surface area contributed by atoms with Gasteiger partial charge in [-0.25, -0.2) is 0 Å². The van der Waals surface area contributed by atoms with Crippen molar-refractivity contribution in [2.45, 2.75) is 13.8 Å². The van der Waals surface area contributed by atoms with Crippen molar-refractivity contribution in [2.24, 2.45) is 0 Å². The van der Waals surface area contributed by atoms with Gasteiger partial charge in [0, 0.05) is 0 Å². The van der Waals surface area contributed by atoms with Gasteiger partial charge in [0.25, 0.3) is 0 Å². The third kappa shape index (κ3) is 2.37. The first-order valence-electron chi connectivity index (χ1n) is 6.98. The minimum Gasteiger partial charge on any atom is -0.0622 e. The SMILES string of the molecule is CC1=CC(=C(c2ccccc2)c2ccccc2)C(C)=C1. The number of benzene rings is 2. The molecule has 0 bridgehead atoms. The normalized spacial score (nSPS) is 14.0. The molecule has 2 aromatic carbocycles. The van der Waals surface area contributed by atoms with Crippen LogP contribution in [0.25, 0.3) is 5.57 Å². The number of hydrogen-bond donors (Lipinski definition) is 0. The first-order chi connectivity index (χ1) is 9.75. The van der Waals surface area contributed by atoms with Crippen LogP contribution in [0.1, 0.15) is 25.0 Å². The summed E-state index contributed by atoms with van der Waals surface area (Å²) in [6, 6.07) is 21.3. The van der Waals surface area contributed by atoms with E-state index in [0.29, 0.717) is 0 Å². The fraction of sp³-hybridized carbons (Fsp3) is 0.100. The van der Waals surface area contributed by atoms with Crippen molar-refractivity contribution in [2.75, 3.05) is 0 Å². The Labute approximate surface area is 120 Å². The zero-order valence-corrected chi connectivity index (χ0v) is 11.9. The smallest absolute Gasteiger partial charge is 0.00361 e. The predicted octanol–water partition coefficient (Wildman–Crippen LogP) is 5.39. The first kappa shape index (κ1) is 12.7. The standard InChI is InChI=1S/C20H18/c1-15-13-16(2)19(14-15)20(17-9-5-3-6-10-17)18-11-7-4-8-12-18/h3-14H,1-2H3. The Hall–Kier alpha value is -2.34. The predicted molar refractivity (Wildman–Crippen MR) is 86.4 cm³/mol. The Bertz CT molecular complexity index is 657. The summed E-state index contributed by atoms with van der Waals surface area (Å²) in [7, 11) is 0. The molecule has 0 spiro atoms. The highest BCUT2D eigenvalue weighted by atomic mass is 14.2. The van der Waals surface area contributed by atoms with Crippen LogP contribution in [0.5, 0.6) is 0 Å². The Morgan fingerprint density at radius 2 is 1.15 bits per heavy atom. The maximum atomic E-state index is 2.28. The van der Waals surface area contributed by atoms with E-state index < -0.39 is 0 Å². The second-order valence-electron chi connectivity index (χ2n) is 5.24. The Morgan fingerprint density at radius 1 is 0.650 bits per heavy atom. The van der Waals surface area contributed by atoms with Crippen LogP contribution in [0.2, 0.25) is 0 Å². The number of allylic oxidation sites excluding steroid dienone is 5. The van der Waals surface area contributed by atoms with Crippen LogP contribution in [-0.2, 0) is 0 Å². The molecule has 2 aromatic rings. The van der Waals surface area contributed by atoms with E-state index in [1.165, 1.54) is 33.4 Å². The minimum absolute atomic E-state index is 1.27. The van der Waals surface area contributed by atoms with Gasteiger partial charge in [0.1, 0.15) is 0 Å². The summed E-state index contributed by atoms with van der Waals surface area (Å²) in [4.78, 5) is 0. The molecule has 0 atom stereocenters. The molecule has 0 unspecified atom stereocenters. The lowest BCUT2D eigenvalue weighted by Crippen LogP contribution is -1.93. The van der Waals surface area contributed by atoms with Crippen LogP contribution in [0.3, 0.4) is 0 Å². The van der Waals surface area contributed by atoms with E-state index in [9.17, 15) is 0 Å². The molecule has 0 saturated heterocycles. The molecule has 0 heterocycles.